The van der Waals surface area contributed by atoms with Crippen LogP contribution in [-0.2, 0) is 6.42 Å². The van der Waals surface area contributed by atoms with Crippen molar-refractivity contribution in [1.82, 2.24) is 15.0 Å². The summed E-state index contributed by atoms with van der Waals surface area (Å²) >= 11 is 0. The topological polar surface area (TPSA) is 74.2 Å². The average Bonchev–Trinajstić information content (AvgIpc) is 2.80. The van der Waals surface area contributed by atoms with Gasteiger partial charge in [0.1, 0.15) is 5.82 Å². The van der Waals surface area contributed by atoms with Gasteiger partial charge in [-0.05, 0) is 36.2 Å². The molecule has 7 heteroatoms. The standard InChI is InChI=1S/C22H24N6O/c1-2-17-6-3-4-7-19(17)26-21(29)18-8-9-20(25-16-18)27-12-14-28(15-13-27)22-23-10-5-11-24-22/h3-11,16H,2,12-15H2,1H3,(H,26,29). The van der Waals surface area contributed by atoms with Crippen LogP contribution < -0.4 is 15.1 Å². The van der Waals surface area contributed by atoms with E-state index in [0.29, 0.717) is 5.56 Å². The molecular weight excluding hydrogens is 364 g/mol. The predicted molar refractivity (Wildman–Crippen MR) is 114 cm³/mol. The summed E-state index contributed by atoms with van der Waals surface area (Å²) in [6, 6.07) is 13.4. The molecule has 1 aromatic carbocycles. The number of hydrogen-bond acceptors (Lipinski definition) is 6. The molecule has 0 saturated carbocycles. The van der Waals surface area contributed by atoms with E-state index in [-0.39, 0.29) is 5.91 Å². The fourth-order valence-corrected chi connectivity index (χ4v) is 3.44. The van der Waals surface area contributed by atoms with Gasteiger partial charge in [-0.3, -0.25) is 4.79 Å². The maximum atomic E-state index is 12.6. The number of anilines is 3. The fraction of sp³-hybridized carbons (Fsp3) is 0.273. The zero-order valence-electron chi connectivity index (χ0n) is 16.5. The maximum absolute atomic E-state index is 12.6. The van der Waals surface area contributed by atoms with Crippen molar-refractivity contribution >= 4 is 23.4 Å². The number of carbonyl (C=O) groups excluding carboxylic acids is 1. The largest absolute Gasteiger partial charge is 0.353 e. The van der Waals surface area contributed by atoms with Gasteiger partial charge in [0.25, 0.3) is 5.91 Å². The normalized spacial score (nSPS) is 14.0. The summed E-state index contributed by atoms with van der Waals surface area (Å²) in [4.78, 5) is 30.1. The van der Waals surface area contributed by atoms with E-state index < -0.39 is 0 Å². The first-order valence-electron chi connectivity index (χ1n) is 9.87. The fourth-order valence-electron chi connectivity index (χ4n) is 3.44. The van der Waals surface area contributed by atoms with Gasteiger partial charge in [0, 0.05) is 50.5 Å². The average molecular weight is 388 g/mol. The van der Waals surface area contributed by atoms with Crippen LogP contribution in [0, 0.1) is 0 Å². The molecule has 4 rings (SSSR count). The summed E-state index contributed by atoms with van der Waals surface area (Å²) in [5, 5.41) is 2.99. The number of hydrogen-bond donors (Lipinski definition) is 1. The highest BCUT2D eigenvalue weighted by Gasteiger charge is 2.20. The van der Waals surface area contributed by atoms with Gasteiger partial charge in [-0.25, -0.2) is 15.0 Å². The van der Waals surface area contributed by atoms with Crippen LogP contribution in [-0.4, -0.2) is 47.0 Å². The van der Waals surface area contributed by atoms with Crippen molar-refractivity contribution in [3.05, 3.63) is 72.2 Å². The molecule has 1 aliphatic rings. The molecule has 1 aliphatic heterocycles. The molecular formula is C22H24N6O. The predicted octanol–water partition coefficient (Wildman–Crippen LogP) is 3.01. The van der Waals surface area contributed by atoms with E-state index in [9.17, 15) is 4.79 Å². The monoisotopic (exact) mass is 388 g/mol. The van der Waals surface area contributed by atoms with Crippen molar-refractivity contribution in [1.29, 1.82) is 0 Å². The lowest BCUT2D eigenvalue weighted by atomic mass is 10.1. The molecule has 29 heavy (non-hydrogen) atoms. The summed E-state index contributed by atoms with van der Waals surface area (Å²) in [6.07, 6.45) is 6.04. The van der Waals surface area contributed by atoms with Crippen LogP contribution in [0.3, 0.4) is 0 Å². The van der Waals surface area contributed by atoms with Gasteiger partial charge < -0.3 is 15.1 Å². The summed E-state index contributed by atoms with van der Waals surface area (Å²) in [5.41, 5.74) is 2.52. The van der Waals surface area contributed by atoms with E-state index in [1.165, 1.54) is 0 Å². The molecule has 7 nitrogen and oxygen atoms in total. The summed E-state index contributed by atoms with van der Waals surface area (Å²) < 4.78 is 0. The van der Waals surface area contributed by atoms with E-state index in [2.05, 4.69) is 37.0 Å². The summed E-state index contributed by atoms with van der Waals surface area (Å²) in [6.45, 7) is 5.41. The van der Waals surface area contributed by atoms with Crippen molar-refractivity contribution in [3.63, 3.8) is 0 Å². The molecule has 0 atom stereocenters. The molecule has 148 valence electrons. The first kappa shape index (κ1) is 18.9. The van der Waals surface area contributed by atoms with E-state index in [1.54, 1.807) is 18.6 Å². The molecule has 1 N–H and O–H groups in total. The van der Waals surface area contributed by atoms with Crippen LogP contribution >= 0.6 is 0 Å². The second-order valence-electron chi connectivity index (χ2n) is 6.89. The third-order valence-corrected chi connectivity index (χ3v) is 5.10. The second-order valence-corrected chi connectivity index (χ2v) is 6.89. The highest BCUT2D eigenvalue weighted by Crippen LogP contribution is 2.19. The van der Waals surface area contributed by atoms with Crippen molar-refractivity contribution in [2.75, 3.05) is 41.3 Å². The number of aryl methyl sites for hydroxylation is 1. The summed E-state index contributed by atoms with van der Waals surface area (Å²) in [7, 11) is 0. The lowest BCUT2D eigenvalue weighted by Crippen LogP contribution is -2.47. The molecule has 1 amide bonds. The smallest absolute Gasteiger partial charge is 0.257 e. The van der Waals surface area contributed by atoms with Gasteiger partial charge in [0.2, 0.25) is 5.95 Å². The Labute approximate surface area is 170 Å². The summed E-state index contributed by atoms with van der Waals surface area (Å²) in [5.74, 6) is 1.50. The molecule has 0 radical (unpaired) electrons. The lowest BCUT2D eigenvalue weighted by Gasteiger charge is -2.35. The Balaban J connectivity index is 1.37. The minimum atomic E-state index is -0.143. The second kappa shape index (κ2) is 8.68. The van der Waals surface area contributed by atoms with Crippen LogP contribution in [0.5, 0.6) is 0 Å². The van der Waals surface area contributed by atoms with E-state index in [4.69, 9.17) is 0 Å². The Morgan fingerprint density at radius 2 is 1.66 bits per heavy atom. The Hall–Kier alpha value is -3.48. The van der Waals surface area contributed by atoms with Gasteiger partial charge in [-0.1, -0.05) is 25.1 Å². The van der Waals surface area contributed by atoms with Crippen molar-refractivity contribution in [3.8, 4) is 0 Å². The highest BCUT2D eigenvalue weighted by molar-refractivity contribution is 6.04. The molecule has 0 bridgehead atoms. The molecule has 0 unspecified atom stereocenters. The number of amides is 1. The first-order valence-corrected chi connectivity index (χ1v) is 9.87. The zero-order chi connectivity index (χ0) is 20.1. The number of piperazine rings is 1. The van der Waals surface area contributed by atoms with E-state index in [0.717, 1.165) is 55.6 Å². The Morgan fingerprint density at radius 1 is 0.931 bits per heavy atom. The van der Waals surface area contributed by atoms with Crippen molar-refractivity contribution in [2.24, 2.45) is 0 Å². The number of nitrogens with zero attached hydrogens (tertiary/aromatic N) is 5. The van der Waals surface area contributed by atoms with Gasteiger partial charge in [0.05, 0.1) is 5.56 Å². The van der Waals surface area contributed by atoms with Crippen LogP contribution in [0.2, 0.25) is 0 Å². The Bertz CT molecular complexity index is 953. The van der Waals surface area contributed by atoms with E-state index in [1.807, 2.05) is 42.5 Å². The van der Waals surface area contributed by atoms with Crippen molar-refractivity contribution in [2.45, 2.75) is 13.3 Å². The molecule has 3 heterocycles. The highest BCUT2D eigenvalue weighted by atomic mass is 16.1. The quantitative estimate of drug-likeness (QED) is 0.724. The van der Waals surface area contributed by atoms with Gasteiger partial charge >= 0.3 is 0 Å². The maximum Gasteiger partial charge on any atom is 0.257 e. The number of para-hydroxylation sites is 1. The number of rotatable bonds is 5. The third kappa shape index (κ3) is 4.34. The Morgan fingerprint density at radius 3 is 2.34 bits per heavy atom. The van der Waals surface area contributed by atoms with Crippen molar-refractivity contribution < 1.29 is 4.79 Å². The first-order chi connectivity index (χ1) is 14.2. The number of benzene rings is 1. The van der Waals surface area contributed by atoms with Crippen LogP contribution in [0.15, 0.2) is 61.1 Å². The molecule has 1 fully saturated rings. The SMILES string of the molecule is CCc1ccccc1NC(=O)c1ccc(N2CCN(c3ncccn3)CC2)nc1. The van der Waals surface area contributed by atoms with E-state index >= 15 is 0 Å². The molecule has 1 saturated heterocycles. The Kier molecular flexibility index (Phi) is 5.65. The molecule has 2 aromatic heterocycles. The van der Waals surface area contributed by atoms with Gasteiger partial charge in [-0.2, -0.15) is 0 Å². The lowest BCUT2D eigenvalue weighted by molar-refractivity contribution is 0.102. The van der Waals surface area contributed by atoms with Gasteiger partial charge in [0.15, 0.2) is 0 Å². The number of nitrogens with one attached hydrogen (secondary N) is 1. The van der Waals surface area contributed by atoms with Crippen LogP contribution in [0.25, 0.3) is 0 Å². The third-order valence-electron chi connectivity index (χ3n) is 5.10. The van der Waals surface area contributed by atoms with Crippen LogP contribution in [0.1, 0.15) is 22.8 Å². The number of pyridine rings is 1. The van der Waals surface area contributed by atoms with Gasteiger partial charge in [-0.15, -0.1) is 0 Å². The minimum absolute atomic E-state index is 0.143. The van der Waals surface area contributed by atoms with Crippen LogP contribution in [0.4, 0.5) is 17.5 Å². The zero-order valence-corrected chi connectivity index (χ0v) is 16.5. The molecule has 3 aromatic rings. The minimum Gasteiger partial charge on any atom is -0.353 e. The molecule has 0 spiro atoms. The number of carbonyl (C=O) groups is 1. The molecule has 0 aliphatic carbocycles. The number of aromatic nitrogens is 3.